The smallest absolute Gasteiger partial charge is 0.127 e. The summed E-state index contributed by atoms with van der Waals surface area (Å²) >= 11 is 0. The summed E-state index contributed by atoms with van der Waals surface area (Å²) in [6, 6.07) is 26.1. The number of halogens is 1. The van der Waals surface area contributed by atoms with Crippen LogP contribution in [0.4, 0.5) is 4.39 Å². The van der Waals surface area contributed by atoms with Gasteiger partial charge >= 0.3 is 0 Å². The second-order valence-corrected chi connectivity index (χ2v) is 7.05. The molecule has 1 radical (unpaired) electrons. The summed E-state index contributed by atoms with van der Waals surface area (Å²) in [4.78, 5) is 2.43. The highest BCUT2D eigenvalue weighted by Crippen LogP contribution is 2.23. The standard InChI is InChI=1S/C25H23FNO/c26-24-12-10-22(11-13-24)23-14-16-27(17-15-23)18-20-6-8-21(9-7-20)19-28-25-4-2-1-3-5-25/h1-4,6-14H,15-19H2. The van der Waals surface area contributed by atoms with E-state index in [-0.39, 0.29) is 5.82 Å². The van der Waals surface area contributed by atoms with Crippen molar-refractivity contribution in [2.45, 2.75) is 19.6 Å². The Morgan fingerprint density at radius 2 is 1.71 bits per heavy atom. The van der Waals surface area contributed by atoms with Crippen LogP contribution < -0.4 is 4.74 Å². The predicted molar refractivity (Wildman–Crippen MR) is 110 cm³/mol. The van der Waals surface area contributed by atoms with Crippen LogP contribution in [0.25, 0.3) is 5.57 Å². The van der Waals surface area contributed by atoms with Gasteiger partial charge in [0.25, 0.3) is 0 Å². The van der Waals surface area contributed by atoms with E-state index in [4.69, 9.17) is 4.74 Å². The molecule has 0 aliphatic carbocycles. The van der Waals surface area contributed by atoms with Gasteiger partial charge in [-0.25, -0.2) is 4.39 Å². The summed E-state index contributed by atoms with van der Waals surface area (Å²) in [5.74, 6) is 0.584. The van der Waals surface area contributed by atoms with Crippen LogP contribution in [0.3, 0.4) is 0 Å². The van der Waals surface area contributed by atoms with Gasteiger partial charge in [-0.05, 0) is 46.9 Å². The molecule has 0 unspecified atom stereocenters. The van der Waals surface area contributed by atoms with E-state index in [0.717, 1.165) is 42.9 Å². The van der Waals surface area contributed by atoms with Crippen molar-refractivity contribution in [2.24, 2.45) is 0 Å². The number of para-hydroxylation sites is 1. The summed E-state index contributed by atoms with van der Waals surface area (Å²) in [6.07, 6.45) is 3.25. The van der Waals surface area contributed by atoms with Crippen molar-refractivity contribution in [3.63, 3.8) is 0 Å². The molecule has 0 bridgehead atoms. The molecule has 1 aliphatic rings. The molecule has 0 saturated heterocycles. The lowest BCUT2D eigenvalue weighted by atomic mass is 9.99. The average molecular weight is 372 g/mol. The molecule has 3 aromatic rings. The summed E-state index contributed by atoms with van der Waals surface area (Å²) in [5, 5.41) is 0. The Bertz CT molecular complexity index is 917. The Morgan fingerprint density at radius 3 is 2.39 bits per heavy atom. The van der Waals surface area contributed by atoms with Crippen molar-refractivity contribution in [2.75, 3.05) is 13.1 Å². The molecular formula is C25H23FNO. The zero-order valence-corrected chi connectivity index (χ0v) is 15.8. The zero-order chi connectivity index (χ0) is 19.2. The van der Waals surface area contributed by atoms with Crippen LogP contribution in [-0.4, -0.2) is 18.0 Å². The third-order valence-electron chi connectivity index (χ3n) is 5.01. The quantitative estimate of drug-likeness (QED) is 0.567. The van der Waals surface area contributed by atoms with Gasteiger partial charge in [0.1, 0.15) is 18.2 Å². The molecule has 0 aromatic heterocycles. The molecule has 1 heterocycles. The highest BCUT2D eigenvalue weighted by Gasteiger charge is 2.13. The van der Waals surface area contributed by atoms with Gasteiger partial charge in [-0.2, -0.15) is 0 Å². The molecule has 0 atom stereocenters. The Balaban J connectivity index is 1.29. The maximum Gasteiger partial charge on any atom is 0.127 e. The topological polar surface area (TPSA) is 12.5 Å². The Morgan fingerprint density at radius 1 is 0.929 bits per heavy atom. The molecule has 3 aromatic carbocycles. The number of ether oxygens (including phenoxy) is 1. The lowest BCUT2D eigenvalue weighted by Crippen LogP contribution is -2.28. The number of benzene rings is 3. The minimum Gasteiger partial charge on any atom is -0.488 e. The normalized spacial score (nSPS) is 14.5. The molecule has 1 aliphatic heterocycles. The lowest BCUT2D eigenvalue weighted by Gasteiger charge is -2.26. The molecule has 2 nitrogen and oxygen atoms in total. The molecule has 3 heteroatoms. The number of hydrogen-bond donors (Lipinski definition) is 0. The second-order valence-electron chi connectivity index (χ2n) is 7.05. The Labute approximate surface area is 165 Å². The minimum atomic E-state index is -0.183. The predicted octanol–water partition coefficient (Wildman–Crippen LogP) is 5.49. The Kier molecular flexibility index (Phi) is 5.83. The van der Waals surface area contributed by atoms with Gasteiger partial charge in [0.05, 0.1) is 0 Å². The van der Waals surface area contributed by atoms with Crippen LogP contribution >= 0.6 is 0 Å². The number of rotatable bonds is 6. The van der Waals surface area contributed by atoms with Crippen molar-refractivity contribution in [3.8, 4) is 5.75 Å². The van der Waals surface area contributed by atoms with Gasteiger partial charge in [0.15, 0.2) is 0 Å². The van der Waals surface area contributed by atoms with Gasteiger partial charge in [-0.1, -0.05) is 60.7 Å². The number of nitrogens with zero attached hydrogens (tertiary/aromatic N) is 1. The fourth-order valence-corrected chi connectivity index (χ4v) is 3.41. The van der Waals surface area contributed by atoms with E-state index < -0.39 is 0 Å². The van der Waals surface area contributed by atoms with Crippen LogP contribution in [0, 0.1) is 11.9 Å². The van der Waals surface area contributed by atoms with E-state index in [1.807, 2.05) is 36.4 Å². The van der Waals surface area contributed by atoms with Crippen LogP contribution in [0.5, 0.6) is 5.75 Å². The van der Waals surface area contributed by atoms with Crippen LogP contribution in [0.15, 0.2) is 78.9 Å². The maximum absolute atomic E-state index is 13.1. The monoisotopic (exact) mass is 372 g/mol. The first kappa shape index (κ1) is 18.5. The van der Waals surface area contributed by atoms with Crippen molar-refractivity contribution in [3.05, 3.63) is 107 Å². The molecule has 0 amide bonds. The minimum absolute atomic E-state index is 0.183. The van der Waals surface area contributed by atoms with E-state index >= 15 is 0 Å². The summed E-state index contributed by atoms with van der Waals surface area (Å²) in [7, 11) is 0. The van der Waals surface area contributed by atoms with E-state index in [2.05, 4.69) is 41.3 Å². The summed E-state index contributed by atoms with van der Waals surface area (Å²) in [6.45, 7) is 3.41. The highest BCUT2D eigenvalue weighted by molar-refractivity contribution is 5.66. The third-order valence-corrected chi connectivity index (χ3v) is 5.01. The van der Waals surface area contributed by atoms with E-state index in [1.54, 1.807) is 0 Å². The van der Waals surface area contributed by atoms with E-state index in [0.29, 0.717) is 6.61 Å². The molecule has 0 fully saturated rings. The molecule has 141 valence electrons. The van der Waals surface area contributed by atoms with Gasteiger partial charge in [0, 0.05) is 25.7 Å². The third kappa shape index (κ3) is 4.87. The average Bonchev–Trinajstić information content (AvgIpc) is 2.75. The zero-order valence-electron chi connectivity index (χ0n) is 15.8. The molecule has 28 heavy (non-hydrogen) atoms. The first-order valence-electron chi connectivity index (χ1n) is 9.61. The van der Waals surface area contributed by atoms with Gasteiger partial charge < -0.3 is 4.74 Å². The SMILES string of the molecule is Fc1ccc(C2=CCN(Cc3ccc(COc4[c]cccc4)cc3)CC2)cc1. The second kappa shape index (κ2) is 8.85. The number of hydrogen-bond acceptors (Lipinski definition) is 2. The van der Waals surface area contributed by atoms with Crippen LogP contribution in [0.1, 0.15) is 23.1 Å². The molecular weight excluding hydrogens is 349 g/mol. The van der Waals surface area contributed by atoms with E-state index in [1.165, 1.54) is 23.3 Å². The molecule has 0 spiro atoms. The van der Waals surface area contributed by atoms with Gasteiger partial charge in [-0.3, -0.25) is 4.90 Å². The first-order chi connectivity index (χ1) is 13.8. The molecule has 4 rings (SSSR count). The summed E-state index contributed by atoms with van der Waals surface area (Å²) in [5.41, 5.74) is 4.88. The highest BCUT2D eigenvalue weighted by atomic mass is 19.1. The van der Waals surface area contributed by atoms with E-state index in [9.17, 15) is 4.39 Å². The van der Waals surface area contributed by atoms with Crippen LogP contribution in [0.2, 0.25) is 0 Å². The molecule has 0 saturated carbocycles. The maximum atomic E-state index is 13.1. The Hall–Kier alpha value is -2.91. The van der Waals surface area contributed by atoms with Crippen molar-refractivity contribution in [1.82, 2.24) is 4.90 Å². The first-order valence-corrected chi connectivity index (χ1v) is 9.61. The summed E-state index contributed by atoms with van der Waals surface area (Å²) < 4.78 is 18.8. The fourth-order valence-electron chi connectivity index (χ4n) is 3.41. The van der Waals surface area contributed by atoms with Crippen molar-refractivity contribution in [1.29, 1.82) is 0 Å². The lowest BCUT2D eigenvalue weighted by molar-refractivity contribution is 0.293. The largest absolute Gasteiger partial charge is 0.488 e. The van der Waals surface area contributed by atoms with Crippen molar-refractivity contribution < 1.29 is 9.13 Å². The van der Waals surface area contributed by atoms with Crippen molar-refractivity contribution >= 4 is 5.57 Å². The van der Waals surface area contributed by atoms with Gasteiger partial charge in [0.2, 0.25) is 0 Å². The molecule has 0 N–H and O–H groups in total. The fraction of sp³-hybridized carbons (Fsp3) is 0.200. The van der Waals surface area contributed by atoms with Crippen LogP contribution in [-0.2, 0) is 13.2 Å². The van der Waals surface area contributed by atoms with Gasteiger partial charge in [-0.15, -0.1) is 0 Å².